The van der Waals surface area contributed by atoms with E-state index in [0.29, 0.717) is 11.3 Å². The second-order valence-electron chi connectivity index (χ2n) is 3.59. The Morgan fingerprint density at radius 1 is 1.44 bits per heavy atom. The monoisotopic (exact) mass is 216 g/mol. The van der Waals surface area contributed by atoms with Crippen molar-refractivity contribution in [3.05, 3.63) is 41.3 Å². The largest absolute Gasteiger partial charge is 0.383 e. The maximum Gasteiger partial charge on any atom is 0.217 e. The van der Waals surface area contributed by atoms with Crippen LogP contribution in [0, 0.1) is 6.92 Å². The minimum atomic E-state index is -0.191. The highest BCUT2D eigenvalue weighted by Gasteiger charge is 2.17. The van der Waals surface area contributed by atoms with E-state index in [2.05, 4.69) is 10.1 Å². The Morgan fingerprint density at radius 2 is 2.19 bits per heavy atom. The summed E-state index contributed by atoms with van der Waals surface area (Å²) in [6.07, 6.45) is 3.30. The molecule has 2 rings (SSSR count). The predicted molar refractivity (Wildman–Crippen MR) is 60.0 cm³/mol. The lowest BCUT2D eigenvalue weighted by atomic mass is 10.0. The Morgan fingerprint density at radius 3 is 2.75 bits per heavy atom. The third-order valence-corrected chi connectivity index (χ3v) is 2.36. The summed E-state index contributed by atoms with van der Waals surface area (Å²) in [5, 5.41) is 4.05. The fourth-order valence-electron chi connectivity index (χ4n) is 1.54. The van der Waals surface area contributed by atoms with Crippen molar-refractivity contribution in [2.24, 2.45) is 7.05 Å². The van der Waals surface area contributed by atoms with Crippen molar-refractivity contribution in [1.82, 2.24) is 14.8 Å². The molecule has 16 heavy (non-hydrogen) atoms. The summed E-state index contributed by atoms with van der Waals surface area (Å²) in [4.78, 5) is 16.0. The van der Waals surface area contributed by atoms with Crippen LogP contribution in [0.5, 0.6) is 0 Å². The second kappa shape index (κ2) is 3.77. The number of nitrogens with two attached hydrogens (primary N) is 1. The van der Waals surface area contributed by atoms with Crippen LogP contribution in [0.25, 0.3) is 0 Å². The number of nitrogens with zero attached hydrogens (tertiary/aromatic N) is 3. The first-order chi connectivity index (χ1) is 7.59. The number of aryl methyl sites for hydroxylation is 2. The number of anilines is 1. The molecule has 0 saturated carbocycles. The molecule has 2 heterocycles. The fraction of sp³-hybridized carbons (Fsp3) is 0.182. The number of carbonyl (C=O) groups excluding carboxylic acids is 1. The molecule has 5 nitrogen and oxygen atoms in total. The van der Waals surface area contributed by atoms with Crippen molar-refractivity contribution >= 4 is 11.6 Å². The number of nitrogen functional groups attached to an aromatic ring is 1. The highest BCUT2D eigenvalue weighted by Crippen LogP contribution is 2.17. The van der Waals surface area contributed by atoms with Gasteiger partial charge in [-0.25, -0.2) is 4.98 Å². The van der Waals surface area contributed by atoms with Crippen LogP contribution in [0.4, 0.5) is 5.82 Å². The van der Waals surface area contributed by atoms with Crippen molar-refractivity contribution < 1.29 is 4.79 Å². The van der Waals surface area contributed by atoms with Gasteiger partial charge in [-0.15, -0.1) is 0 Å². The van der Waals surface area contributed by atoms with E-state index in [1.165, 1.54) is 0 Å². The Hall–Kier alpha value is -2.17. The molecule has 5 heteroatoms. The molecule has 0 saturated heterocycles. The van der Waals surface area contributed by atoms with Gasteiger partial charge in [-0.2, -0.15) is 5.10 Å². The van der Waals surface area contributed by atoms with Gasteiger partial charge >= 0.3 is 0 Å². The molecule has 0 atom stereocenters. The minimum absolute atomic E-state index is 0.191. The first kappa shape index (κ1) is 10.4. The molecule has 82 valence electrons. The summed E-state index contributed by atoms with van der Waals surface area (Å²) >= 11 is 0. The van der Waals surface area contributed by atoms with Gasteiger partial charge in [-0.05, 0) is 24.6 Å². The quantitative estimate of drug-likeness (QED) is 0.758. The summed E-state index contributed by atoms with van der Waals surface area (Å²) in [5.74, 6) is 0.0550. The molecular formula is C11H12N4O. The first-order valence-corrected chi connectivity index (χ1v) is 4.85. The van der Waals surface area contributed by atoms with Crippen LogP contribution >= 0.6 is 0 Å². The van der Waals surface area contributed by atoms with E-state index >= 15 is 0 Å². The number of aromatic nitrogens is 3. The summed E-state index contributed by atoms with van der Waals surface area (Å²) in [6.45, 7) is 1.83. The SMILES string of the molecule is Cc1ccnc(N)c1C(=O)c1ccn(C)n1. The number of hydrogen-bond acceptors (Lipinski definition) is 4. The van der Waals surface area contributed by atoms with E-state index < -0.39 is 0 Å². The molecule has 2 aromatic rings. The lowest BCUT2D eigenvalue weighted by Gasteiger charge is -2.04. The van der Waals surface area contributed by atoms with Gasteiger partial charge in [0.1, 0.15) is 11.5 Å². The van der Waals surface area contributed by atoms with Crippen LogP contribution in [-0.4, -0.2) is 20.5 Å². The average Bonchev–Trinajstić information content (AvgIpc) is 2.64. The number of hydrogen-bond donors (Lipinski definition) is 1. The molecule has 0 aliphatic heterocycles. The minimum Gasteiger partial charge on any atom is -0.383 e. The van der Waals surface area contributed by atoms with Crippen molar-refractivity contribution in [1.29, 1.82) is 0 Å². The molecule has 0 spiro atoms. The highest BCUT2D eigenvalue weighted by atomic mass is 16.1. The molecule has 0 amide bonds. The van der Waals surface area contributed by atoms with Gasteiger partial charge in [-0.1, -0.05) is 0 Å². The summed E-state index contributed by atoms with van der Waals surface area (Å²) in [7, 11) is 1.76. The summed E-state index contributed by atoms with van der Waals surface area (Å²) in [5.41, 5.74) is 7.32. The van der Waals surface area contributed by atoms with Gasteiger partial charge in [0, 0.05) is 19.4 Å². The summed E-state index contributed by atoms with van der Waals surface area (Å²) < 4.78 is 1.58. The molecule has 0 aliphatic rings. The van der Waals surface area contributed by atoms with Crippen LogP contribution < -0.4 is 5.73 Å². The molecule has 0 fully saturated rings. The standard InChI is InChI=1S/C11H12N4O/c1-7-3-5-13-11(12)9(7)10(16)8-4-6-15(2)14-8/h3-6H,1-2H3,(H2,12,13). The van der Waals surface area contributed by atoms with E-state index in [-0.39, 0.29) is 11.6 Å². The fourth-order valence-corrected chi connectivity index (χ4v) is 1.54. The van der Waals surface area contributed by atoms with Crippen LogP contribution in [0.2, 0.25) is 0 Å². The maximum atomic E-state index is 12.1. The van der Waals surface area contributed by atoms with E-state index in [1.54, 1.807) is 36.3 Å². The third kappa shape index (κ3) is 1.67. The smallest absolute Gasteiger partial charge is 0.217 e. The van der Waals surface area contributed by atoms with Crippen molar-refractivity contribution in [3.8, 4) is 0 Å². The van der Waals surface area contributed by atoms with E-state index in [9.17, 15) is 4.79 Å². The lowest BCUT2D eigenvalue weighted by molar-refractivity contribution is 0.103. The summed E-state index contributed by atoms with van der Waals surface area (Å²) in [6, 6.07) is 3.42. The number of ketones is 1. The van der Waals surface area contributed by atoms with Crippen LogP contribution in [0.15, 0.2) is 24.5 Å². The Bertz CT molecular complexity index is 524. The average molecular weight is 216 g/mol. The normalized spacial score (nSPS) is 10.4. The molecule has 0 radical (unpaired) electrons. The Labute approximate surface area is 92.9 Å². The van der Waals surface area contributed by atoms with Gasteiger partial charge in [0.2, 0.25) is 5.78 Å². The third-order valence-electron chi connectivity index (χ3n) is 2.36. The molecule has 2 aromatic heterocycles. The van der Waals surface area contributed by atoms with Crippen molar-refractivity contribution in [2.75, 3.05) is 5.73 Å². The number of pyridine rings is 1. The van der Waals surface area contributed by atoms with E-state index in [0.717, 1.165) is 5.56 Å². The number of rotatable bonds is 2. The Kier molecular flexibility index (Phi) is 2.44. The van der Waals surface area contributed by atoms with Crippen LogP contribution in [0.3, 0.4) is 0 Å². The zero-order valence-corrected chi connectivity index (χ0v) is 9.14. The molecule has 0 aliphatic carbocycles. The number of carbonyl (C=O) groups is 1. The zero-order chi connectivity index (χ0) is 11.7. The van der Waals surface area contributed by atoms with Gasteiger partial charge in [0.05, 0.1) is 5.56 Å². The maximum absolute atomic E-state index is 12.1. The second-order valence-corrected chi connectivity index (χ2v) is 3.59. The molecule has 2 N–H and O–H groups in total. The highest BCUT2D eigenvalue weighted by molar-refractivity contribution is 6.11. The van der Waals surface area contributed by atoms with Crippen LogP contribution in [0.1, 0.15) is 21.6 Å². The molecule has 0 unspecified atom stereocenters. The van der Waals surface area contributed by atoms with Crippen LogP contribution in [-0.2, 0) is 7.05 Å². The predicted octanol–water partition coefficient (Wildman–Crippen LogP) is 0.937. The topological polar surface area (TPSA) is 73.8 Å². The molecule has 0 aromatic carbocycles. The van der Waals surface area contributed by atoms with Gasteiger partial charge in [0.15, 0.2) is 0 Å². The van der Waals surface area contributed by atoms with Gasteiger partial charge in [-0.3, -0.25) is 9.48 Å². The molecular weight excluding hydrogens is 204 g/mol. The molecule has 0 bridgehead atoms. The van der Waals surface area contributed by atoms with E-state index in [4.69, 9.17) is 5.73 Å². The van der Waals surface area contributed by atoms with Crippen molar-refractivity contribution in [2.45, 2.75) is 6.92 Å². The van der Waals surface area contributed by atoms with Gasteiger partial charge in [0.25, 0.3) is 0 Å². The van der Waals surface area contributed by atoms with E-state index in [1.807, 2.05) is 6.92 Å². The van der Waals surface area contributed by atoms with Crippen molar-refractivity contribution in [3.63, 3.8) is 0 Å². The first-order valence-electron chi connectivity index (χ1n) is 4.85. The Balaban J connectivity index is 2.49. The van der Waals surface area contributed by atoms with Gasteiger partial charge < -0.3 is 5.73 Å². The lowest BCUT2D eigenvalue weighted by Crippen LogP contribution is -2.10. The zero-order valence-electron chi connectivity index (χ0n) is 9.14.